The van der Waals surface area contributed by atoms with Crippen molar-refractivity contribution in [3.63, 3.8) is 0 Å². The van der Waals surface area contributed by atoms with E-state index in [-0.39, 0.29) is 11.4 Å². The number of benzene rings is 1. The quantitative estimate of drug-likeness (QED) is 0.311. The van der Waals surface area contributed by atoms with Gasteiger partial charge in [0.25, 0.3) is 0 Å². The molecule has 5 nitrogen and oxygen atoms in total. The van der Waals surface area contributed by atoms with Crippen LogP contribution in [-0.4, -0.2) is 16.6 Å². The van der Waals surface area contributed by atoms with Crippen LogP contribution in [0.1, 0.15) is 53.4 Å². The molecule has 26 heavy (non-hydrogen) atoms. The first-order chi connectivity index (χ1) is 12.3. The number of rotatable bonds is 10. The minimum atomic E-state index is -0.627. The van der Waals surface area contributed by atoms with E-state index in [1.807, 2.05) is 6.08 Å². The molecule has 0 radical (unpaired) electrons. The van der Waals surface area contributed by atoms with Crippen LogP contribution in [0.4, 0.5) is 5.69 Å². The number of nitro benzene ring substituents is 1. The second kappa shape index (κ2) is 11.1. The number of hydrogen-bond acceptors (Lipinski definition) is 4. The van der Waals surface area contributed by atoms with Gasteiger partial charge in [0.15, 0.2) is 5.75 Å². The third-order valence-corrected chi connectivity index (χ3v) is 3.95. The van der Waals surface area contributed by atoms with Gasteiger partial charge in [-0.3, -0.25) is 10.1 Å². The van der Waals surface area contributed by atoms with Crippen LogP contribution in [0.2, 0.25) is 0 Å². The molecule has 0 saturated heterocycles. The third-order valence-electron chi connectivity index (χ3n) is 3.95. The lowest BCUT2D eigenvalue weighted by atomic mass is 10.1. The molecule has 0 saturated carbocycles. The molecule has 0 spiro atoms. The average Bonchev–Trinajstić information content (AvgIpc) is 2.54. The summed E-state index contributed by atoms with van der Waals surface area (Å²) in [7, 11) is 0. The Morgan fingerprint density at radius 3 is 2.27 bits per heavy atom. The Labute approximate surface area is 155 Å². The van der Waals surface area contributed by atoms with E-state index in [9.17, 15) is 15.2 Å². The van der Waals surface area contributed by atoms with Crippen molar-refractivity contribution < 1.29 is 14.8 Å². The summed E-state index contributed by atoms with van der Waals surface area (Å²) < 4.78 is 5.51. The molecule has 0 atom stereocenters. The fourth-order valence-corrected chi connectivity index (χ4v) is 2.37. The van der Waals surface area contributed by atoms with E-state index >= 15 is 0 Å². The zero-order chi connectivity index (χ0) is 19.5. The van der Waals surface area contributed by atoms with E-state index in [1.54, 1.807) is 0 Å². The summed E-state index contributed by atoms with van der Waals surface area (Å²) in [5.41, 5.74) is 3.67. The average molecular weight is 359 g/mol. The van der Waals surface area contributed by atoms with Crippen molar-refractivity contribution >= 4 is 5.69 Å². The minimum absolute atomic E-state index is 0.323. The Balaban J connectivity index is 2.39. The number of ether oxygens (including phenoxy) is 1. The van der Waals surface area contributed by atoms with Crippen molar-refractivity contribution in [1.29, 1.82) is 0 Å². The third kappa shape index (κ3) is 8.51. The van der Waals surface area contributed by atoms with E-state index in [4.69, 9.17) is 4.74 Å². The van der Waals surface area contributed by atoms with Crippen LogP contribution in [0, 0.1) is 10.1 Å². The van der Waals surface area contributed by atoms with Crippen molar-refractivity contribution in [1.82, 2.24) is 0 Å². The van der Waals surface area contributed by atoms with Crippen molar-refractivity contribution in [2.75, 3.05) is 6.61 Å². The van der Waals surface area contributed by atoms with Crippen molar-refractivity contribution in [3.8, 4) is 11.5 Å². The molecule has 0 bridgehead atoms. The van der Waals surface area contributed by atoms with Gasteiger partial charge in [0.05, 0.1) is 4.92 Å². The molecule has 0 amide bonds. The van der Waals surface area contributed by atoms with Gasteiger partial charge in [0.1, 0.15) is 12.4 Å². The van der Waals surface area contributed by atoms with Gasteiger partial charge in [-0.15, -0.1) is 0 Å². The summed E-state index contributed by atoms with van der Waals surface area (Å²) in [4.78, 5) is 10.0. The topological polar surface area (TPSA) is 72.6 Å². The molecule has 0 aliphatic rings. The Morgan fingerprint density at radius 1 is 1.08 bits per heavy atom. The fourth-order valence-electron chi connectivity index (χ4n) is 2.37. The van der Waals surface area contributed by atoms with E-state index in [2.05, 4.69) is 39.8 Å². The SMILES string of the molecule is CC(C)=CCC/C(C)=C/CC/C(C)=C/COc1ccc([N+](=O)[O-])c(O)c1. The smallest absolute Gasteiger partial charge is 0.310 e. The maximum Gasteiger partial charge on any atom is 0.310 e. The van der Waals surface area contributed by atoms with Crippen LogP contribution in [0.25, 0.3) is 0 Å². The number of aromatic hydroxyl groups is 1. The van der Waals surface area contributed by atoms with Crippen molar-refractivity contribution in [3.05, 3.63) is 63.3 Å². The second-order valence-corrected chi connectivity index (χ2v) is 6.68. The molecule has 0 fully saturated rings. The monoisotopic (exact) mass is 359 g/mol. The molecule has 0 heterocycles. The first-order valence-corrected chi connectivity index (χ1v) is 8.84. The fraction of sp³-hybridized carbons (Fsp3) is 0.429. The lowest BCUT2D eigenvalue weighted by Gasteiger charge is -2.05. The Hall–Kier alpha value is -2.56. The molecule has 1 rings (SSSR count). The number of hydrogen-bond donors (Lipinski definition) is 1. The van der Waals surface area contributed by atoms with Crippen molar-refractivity contribution in [2.45, 2.75) is 53.4 Å². The van der Waals surface area contributed by atoms with E-state index < -0.39 is 4.92 Å². The lowest BCUT2D eigenvalue weighted by molar-refractivity contribution is -0.385. The van der Waals surface area contributed by atoms with E-state index in [1.165, 1.54) is 34.9 Å². The highest BCUT2D eigenvalue weighted by Crippen LogP contribution is 2.29. The first-order valence-electron chi connectivity index (χ1n) is 8.84. The van der Waals surface area contributed by atoms with Crippen LogP contribution in [-0.2, 0) is 0 Å². The van der Waals surface area contributed by atoms with Gasteiger partial charge in [-0.2, -0.15) is 0 Å². The predicted molar refractivity (Wildman–Crippen MR) is 106 cm³/mol. The second-order valence-electron chi connectivity index (χ2n) is 6.68. The highest BCUT2D eigenvalue weighted by molar-refractivity contribution is 5.49. The van der Waals surface area contributed by atoms with Crippen LogP contribution in [0.15, 0.2) is 53.1 Å². The van der Waals surface area contributed by atoms with Gasteiger partial charge in [0.2, 0.25) is 0 Å². The highest BCUT2D eigenvalue weighted by atomic mass is 16.6. The van der Waals surface area contributed by atoms with Crippen LogP contribution in [0.3, 0.4) is 0 Å². The zero-order valence-electron chi connectivity index (χ0n) is 16.1. The maximum atomic E-state index is 10.7. The largest absolute Gasteiger partial charge is 0.502 e. The summed E-state index contributed by atoms with van der Waals surface area (Å²) in [5, 5.41) is 20.2. The summed E-state index contributed by atoms with van der Waals surface area (Å²) >= 11 is 0. The van der Waals surface area contributed by atoms with Gasteiger partial charge in [0, 0.05) is 12.1 Å². The number of nitrogens with zero attached hydrogens (tertiary/aromatic N) is 1. The van der Waals surface area contributed by atoms with E-state index in [0.717, 1.165) is 25.7 Å². The molecule has 0 aromatic heterocycles. The number of allylic oxidation sites excluding steroid dienone is 5. The summed E-state index contributed by atoms with van der Waals surface area (Å²) in [6.07, 6.45) is 10.7. The Bertz CT molecular complexity index is 698. The van der Waals surface area contributed by atoms with Gasteiger partial charge in [-0.1, -0.05) is 28.9 Å². The summed E-state index contributed by atoms with van der Waals surface area (Å²) in [6, 6.07) is 3.99. The number of phenolic OH excluding ortho intramolecular Hbond substituents is 1. The molecule has 0 unspecified atom stereocenters. The zero-order valence-corrected chi connectivity index (χ0v) is 16.1. The molecule has 0 aliphatic heterocycles. The Morgan fingerprint density at radius 2 is 1.69 bits per heavy atom. The number of phenols is 1. The van der Waals surface area contributed by atoms with Crippen LogP contribution >= 0.6 is 0 Å². The van der Waals surface area contributed by atoms with E-state index in [0.29, 0.717) is 12.4 Å². The van der Waals surface area contributed by atoms with Crippen LogP contribution in [0.5, 0.6) is 11.5 Å². The first kappa shape index (κ1) is 21.5. The maximum absolute atomic E-state index is 10.7. The van der Waals surface area contributed by atoms with Gasteiger partial charge in [-0.25, -0.2) is 0 Å². The Kier molecular flexibility index (Phi) is 9.20. The van der Waals surface area contributed by atoms with Gasteiger partial charge in [-0.05, 0) is 65.5 Å². The van der Waals surface area contributed by atoms with Gasteiger partial charge < -0.3 is 9.84 Å². The lowest BCUT2D eigenvalue weighted by Crippen LogP contribution is -1.96. The highest BCUT2D eigenvalue weighted by Gasteiger charge is 2.13. The standard InChI is InChI=1S/C21H29NO4/c1-16(2)7-5-8-17(3)9-6-10-18(4)13-14-26-19-11-12-20(22(24)25)21(23)15-19/h7,9,11-13,15,23H,5-6,8,10,14H2,1-4H3/b17-9+,18-13+. The summed E-state index contributed by atoms with van der Waals surface area (Å²) in [5.74, 6) is 0.0223. The van der Waals surface area contributed by atoms with Crippen LogP contribution < -0.4 is 4.74 Å². The molecule has 1 aromatic carbocycles. The summed E-state index contributed by atoms with van der Waals surface area (Å²) in [6.45, 7) is 8.83. The number of nitro groups is 1. The molecule has 0 aliphatic carbocycles. The van der Waals surface area contributed by atoms with Gasteiger partial charge >= 0.3 is 5.69 Å². The minimum Gasteiger partial charge on any atom is -0.502 e. The molecule has 5 heteroatoms. The molecule has 1 N–H and O–H groups in total. The molecular weight excluding hydrogens is 330 g/mol. The normalized spacial score (nSPS) is 12.0. The predicted octanol–water partition coefficient (Wildman–Crippen LogP) is 6.10. The van der Waals surface area contributed by atoms with Crippen molar-refractivity contribution in [2.24, 2.45) is 0 Å². The molecular formula is C21H29NO4. The molecule has 142 valence electrons. The molecule has 1 aromatic rings.